The van der Waals surface area contributed by atoms with Crippen LogP contribution in [-0.4, -0.2) is 44.6 Å². The van der Waals surface area contributed by atoms with E-state index in [-0.39, 0.29) is 12.6 Å². The van der Waals surface area contributed by atoms with Gasteiger partial charge >= 0.3 is 6.18 Å². The second-order valence-corrected chi connectivity index (χ2v) is 4.21. The molecular weight excluding hydrogens is 221 g/mol. The third-order valence-electron chi connectivity index (χ3n) is 2.29. The van der Waals surface area contributed by atoms with E-state index in [1.54, 1.807) is 0 Å². The summed E-state index contributed by atoms with van der Waals surface area (Å²) in [6.07, 6.45) is -1.75. The lowest BCUT2D eigenvalue weighted by Gasteiger charge is -2.14. The fourth-order valence-corrected chi connectivity index (χ4v) is 1.27. The molecule has 0 amide bonds. The Morgan fingerprint density at radius 1 is 1.38 bits per heavy atom. The molecule has 1 rings (SSSR count). The van der Waals surface area contributed by atoms with Crippen molar-refractivity contribution < 1.29 is 17.9 Å². The van der Waals surface area contributed by atoms with E-state index in [4.69, 9.17) is 0 Å². The summed E-state index contributed by atoms with van der Waals surface area (Å²) < 4.78 is 39.6. The molecule has 1 aliphatic carbocycles. The lowest BCUT2D eigenvalue weighted by atomic mass is 10.3. The van der Waals surface area contributed by atoms with Gasteiger partial charge in [-0.1, -0.05) is 0 Å². The van der Waals surface area contributed by atoms with Gasteiger partial charge in [0, 0.05) is 25.2 Å². The molecule has 0 aromatic rings. The largest absolute Gasteiger partial charge is 0.411 e. The second-order valence-electron chi connectivity index (χ2n) is 4.21. The fourth-order valence-electron chi connectivity index (χ4n) is 1.27. The van der Waals surface area contributed by atoms with Crippen LogP contribution >= 0.6 is 0 Å². The SMILES string of the molecule is CC(CNC1CC1)NCCOCC(F)(F)F. The molecule has 16 heavy (non-hydrogen) atoms. The molecule has 0 aliphatic heterocycles. The van der Waals surface area contributed by atoms with Gasteiger partial charge in [0.25, 0.3) is 0 Å². The molecule has 0 spiro atoms. The molecule has 2 N–H and O–H groups in total. The quantitative estimate of drug-likeness (QED) is 0.627. The van der Waals surface area contributed by atoms with Gasteiger partial charge in [-0.15, -0.1) is 0 Å². The predicted molar refractivity (Wildman–Crippen MR) is 55.4 cm³/mol. The second kappa shape index (κ2) is 6.42. The highest BCUT2D eigenvalue weighted by Gasteiger charge is 2.27. The van der Waals surface area contributed by atoms with Crippen molar-refractivity contribution in [1.29, 1.82) is 0 Å². The maximum Gasteiger partial charge on any atom is 0.411 e. The molecule has 3 nitrogen and oxygen atoms in total. The molecule has 1 aliphatic rings. The Hall–Kier alpha value is -0.330. The van der Waals surface area contributed by atoms with Crippen molar-refractivity contribution in [2.75, 3.05) is 26.3 Å². The monoisotopic (exact) mass is 240 g/mol. The Kier molecular flexibility index (Phi) is 5.51. The van der Waals surface area contributed by atoms with Gasteiger partial charge in [-0.3, -0.25) is 0 Å². The van der Waals surface area contributed by atoms with Crippen molar-refractivity contribution in [3.05, 3.63) is 0 Å². The molecule has 0 saturated heterocycles. The molecule has 6 heteroatoms. The standard InChI is InChI=1S/C10H19F3N2O/c1-8(6-15-9-2-3-9)14-4-5-16-7-10(11,12)13/h8-9,14-15H,2-7H2,1H3. The summed E-state index contributed by atoms with van der Waals surface area (Å²) >= 11 is 0. The van der Waals surface area contributed by atoms with Gasteiger partial charge in [0.05, 0.1) is 6.61 Å². The summed E-state index contributed by atoms with van der Waals surface area (Å²) in [5, 5.41) is 6.44. The summed E-state index contributed by atoms with van der Waals surface area (Å²) in [7, 11) is 0. The molecule has 0 aromatic carbocycles. The minimum absolute atomic E-state index is 0.0906. The van der Waals surface area contributed by atoms with Crippen LogP contribution in [0.2, 0.25) is 0 Å². The molecule has 0 heterocycles. The first kappa shape index (κ1) is 13.7. The van der Waals surface area contributed by atoms with E-state index in [1.807, 2.05) is 6.92 Å². The van der Waals surface area contributed by atoms with E-state index in [1.165, 1.54) is 12.8 Å². The van der Waals surface area contributed by atoms with Gasteiger partial charge in [0.2, 0.25) is 0 Å². The Balaban J connectivity index is 1.85. The molecular formula is C10H19F3N2O. The summed E-state index contributed by atoms with van der Waals surface area (Å²) in [5.41, 5.74) is 0. The van der Waals surface area contributed by atoms with Crippen molar-refractivity contribution in [2.45, 2.75) is 38.0 Å². The summed E-state index contributed by atoms with van der Waals surface area (Å²) in [5.74, 6) is 0. The zero-order chi connectivity index (χ0) is 12.0. The Morgan fingerprint density at radius 2 is 2.06 bits per heavy atom. The van der Waals surface area contributed by atoms with Crippen molar-refractivity contribution >= 4 is 0 Å². The topological polar surface area (TPSA) is 33.3 Å². The van der Waals surface area contributed by atoms with E-state index in [0.717, 1.165) is 6.54 Å². The Labute approximate surface area is 93.7 Å². The van der Waals surface area contributed by atoms with Crippen LogP contribution in [0, 0.1) is 0 Å². The first-order valence-corrected chi connectivity index (χ1v) is 5.58. The van der Waals surface area contributed by atoms with Crippen molar-refractivity contribution in [2.24, 2.45) is 0 Å². The first-order chi connectivity index (χ1) is 7.47. The van der Waals surface area contributed by atoms with Gasteiger partial charge in [-0.05, 0) is 19.8 Å². The average molecular weight is 240 g/mol. The van der Waals surface area contributed by atoms with Gasteiger partial charge in [0.1, 0.15) is 6.61 Å². The van der Waals surface area contributed by atoms with Crippen LogP contribution in [0.25, 0.3) is 0 Å². The maximum absolute atomic E-state index is 11.7. The highest BCUT2D eigenvalue weighted by Crippen LogP contribution is 2.18. The fraction of sp³-hybridized carbons (Fsp3) is 1.00. The van der Waals surface area contributed by atoms with E-state index in [2.05, 4.69) is 15.4 Å². The van der Waals surface area contributed by atoms with Gasteiger partial charge in [-0.25, -0.2) is 0 Å². The number of rotatable bonds is 8. The Bertz CT molecular complexity index is 195. The van der Waals surface area contributed by atoms with Crippen LogP contribution in [0.1, 0.15) is 19.8 Å². The molecule has 96 valence electrons. The smallest absolute Gasteiger partial charge is 0.371 e. The lowest BCUT2D eigenvalue weighted by Crippen LogP contribution is -2.39. The summed E-state index contributed by atoms with van der Waals surface area (Å²) in [4.78, 5) is 0. The number of hydrogen-bond donors (Lipinski definition) is 2. The van der Waals surface area contributed by atoms with E-state index in [9.17, 15) is 13.2 Å². The Morgan fingerprint density at radius 3 is 2.62 bits per heavy atom. The third kappa shape index (κ3) is 7.90. The number of alkyl halides is 3. The van der Waals surface area contributed by atoms with Crippen LogP contribution in [-0.2, 0) is 4.74 Å². The average Bonchev–Trinajstić information content (AvgIpc) is 2.95. The highest BCUT2D eigenvalue weighted by molar-refractivity contribution is 4.82. The van der Waals surface area contributed by atoms with E-state index >= 15 is 0 Å². The van der Waals surface area contributed by atoms with Gasteiger partial charge < -0.3 is 15.4 Å². The third-order valence-corrected chi connectivity index (χ3v) is 2.29. The summed E-state index contributed by atoms with van der Waals surface area (Å²) in [6, 6.07) is 0.917. The van der Waals surface area contributed by atoms with Gasteiger partial charge in [-0.2, -0.15) is 13.2 Å². The van der Waals surface area contributed by atoms with Crippen LogP contribution in [0.5, 0.6) is 0 Å². The lowest BCUT2D eigenvalue weighted by molar-refractivity contribution is -0.173. The van der Waals surface area contributed by atoms with Crippen molar-refractivity contribution in [3.63, 3.8) is 0 Å². The molecule has 1 fully saturated rings. The summed E-state index contributed by atoms with van der Waals surface area (Å²) in [6.45, 7) is 2.23. The molecule has 0 bridgehead atoms. The van der Waals surface area contributed by atoms with Crippen LogP contribution in [0.3, 0.4) is 0 Å². The van der Waals surface area contributed by atoms with Crippen LogP contribution < -0.4 is 10.6 Å². The van der Waals surface area contributed by atoms with E-state index in [0.29, 0.717) is 12.6 Å². The van der Waals surface area contributed by atoms with E-state index < -0.39 is 12.8 Å². The molecule has 0 radical (unpaired) electrons. The van der Waals surface area contributed by atoms with Gasteiger partial charge in [0.15, 0.2) is 0 Å². The predicted octanol–water partition coefficient (Wildman–Crippen LogP) is 1.30. The minimum Gasteiger partial charge on any atom is -0.371 e. The van der Waals surface area contributed by atoms with Crippen molar-refractivity contribution in [1.82, 2.24) is 10.6 Å². The first-order valence-electron chi connectivity index (χ1n) is 5.58. The normalized spacial score (nSPS) is 18.8. The van der Waals surface area contributed by atoms with Crippen LogP contribution in [0.4, 0.5) is 13.2 Å². The highest BCUT2D eigenvalue weighted by atomic mass is 19.4. The number of nitrogens with one attached hydrogen (secondary N) is 2. The molecule has 1 atom stereocenters. The number of hydrogen-bond acceptors (Lipinski definition) is 3. The minimum atomic E-state index is -4.22. The zero-order valence-corrected chi connectivity index (χ0v) is 9.44. The molecule has 1 unspecified atom stereocenters. The number of halogens is 3. The number of ether oxygens (including phenoxy) is 1. The van der Waals surface area contributed by atoms with Crippen LogP contribution in [0.15, 0.2) is 0 Å². The maximum atomic E-state index is 11.7. The molecule has 1 saturated carbocycles. The van der Waals surface area contributed by atoms with Crippen molar-refractivity contribution in [3.8, 4) is 0 Å². The zero-order valence-electron chi connectivity index (χ0n) is 9.44. The molecule has 0 aromatic heterocycles.